The average Bonchev–Trinajstić information content (AvgIpc) is 2.31. The highest BCUT2D eigenvalue weighted by Gasteiger charge is 2.46. The van der Waals surface area contributed by atoms with E-state index < -0.39 is 5.41 Å². The van der Waals surface area contributed by atoms with Crippen molar-refractivity contribution < 1.29 is 14.3 Å². The third-order valence-electron chi connectivity index (χ3n) is 2.78. The Balaban J connectivity index is 2.14. The number of carbonyl (C=O) groups excluding carboxylic acids is 1. The molecule has 1 aliphatic rings. The number of carbonyl (C=O) groups is 1. The molecule has 0 atom stereocenters. The molecule has 1 aromatic rings. The lowest BCUT2D eigenvalue weighted by Crippen LogP contribution is -2.50. The Labute approximate surface area is 105 Å². The molecule has 1 saturated heterocycles. The van der Waals surface area contributed by atoms with E-state index in [0.717, 1.165) is 0 Å². The third-order valence-corrected chi connectivity index (χ3v) is 2.78. The van der Waals surface area contributed by atoms with Crippen LogP contribution in [0.5, 0.6) is 5.75 Å². The summed E-state index contributed by atoms with van der Waals surface area (Å²) in [4.78, 5) is 12.0. The summed E-state index contributed by atoms with van der Waals surface area (Å²) in [7, 11) is 0. The van der Waals surface area contributed by atoms with Crippen LogP contribution in [-0.4, -0.2) is 25.7 Å². The van der Waals surface area contributed by atoms with E-state index in [4.69, 9.17) is 14.7 Å². The first-order chi connectivity index (χ1) is 8.72. The molecule has 1 N–H and O–H groups in total. The predicted molar refractivity (Wildman–Crippen MR) is 65.1 cm³/mol. The van der Waals surface area contributed by atoms with Crippen LogP contribution < -0.4 is 10.1 Å². The van der Waals surface area contributed by atoms with Gasteiger partial charge in [0.2, 0.25) is 5.91 Å². The maximum absolute atomic E-state index is 12.0. The monoisotopic (exact) mass is 246 g/mol. The highest BCUT2D eigenvalue weighted by Crippen LogP contribution is 2.30. The van der Waals surface area contributed by atoms with E-state index in [2.05, 4.69) is 5.32 Å². The van der Waals surface area contributed by atoms with Crippen LogP contribution >= 0.6 is 0 Å². The number of para-hydroxylation sites is 2. The van der Waals surface area contributed by atoms with Crippen LogP contribution in [0.15, 0.2) is 24.3 Å². The SMILES string of the molecule is CCOc1ccccc1NC(=O)C1(C#N)COC1. The zero-order chi connectivity index (χ0) is 13.0. The molecule has 5 nitrogen and oxygen atoms in total. The summed E-state index contributed by atoms with van der Waals surface area (Å²) in [5.41, 5.74) is -0.481. The van der Waals surface area contributed by atoms with Crippen molar-refractivity contribution in [1.29, 1.82) is 5.26 Å². The summed E-state index contributed by atoms with van der Waals surface area (Å²) in [5, 5.41) is 11.8. The van der Waals surface area contributed by atoms with E-state index in [1.807, 2.05) is 19.1 Å². The lowest BCUT2D eigenvalue weighted by atomic mass is 9.87. The zero-order valence-electron chi connectivity index (χ0n) is 10.1. The molecule has 0 bridgehead atoms. The van der Waals surface area contributed by atoms with Crippen LogP contribution in [0.25, 0.3) is 0 Å². The van der Waals surface area contributed by atoms with Gasteiger partial charge in [-0.3, -0.25) is 4.79 Å². The number of hydrogen-bond acceptors (Lipinski definition) is 4. The molecule has 0 aliphatic carbocycles. The smallest absolute Gasteiger partial charge is 0.249 e. The predicted octanol–water partition coefficient (Wildman–Crippen LogP) is 1.56. The number of benzene rings is 1. The van der Waals surface area contributed by atoms with E-state index in [1.54, 1.807) is 18.2 Å². The summed E-state index contributed by atoms with van der Waals surface area (Å²) in [5.74, 6) is 0.255. The van der Waals surface area contributed by atoms with Crippen molar-refractivity contribution in [3.8, 4) is 11.8 Å². The van der Waals surface area contributed by atoms with Gasteiger partial charge in [-0.1, -0.05) is 12.1 Å². The summed E-state index contributed by atoms with van der Waals surface area (Å²) in [6.45, 7) is 2.67. The van der Waals surface area contributed by atoms with Gasteiger partial charge in [0.15, 0.2) is 5.41 Å². The number of amides is 1. The van der Waals surface area contributed by atoms with Crippen molar-refractivity contribution >= 4 is 11.6 Å². The van der Waals surface area contributed by atoms with Crippen molar-refractivity contribution in [2.75, 3.05) is 25.1 Å². The third kappa shape index (κ3) is 2.15. The molecule has 2 rings (SSSR count). The van der Waals surface area contributed by atoms with Gasteiger partial charge < -0.3 is 14.8 Å². The topological polar surface area (TPSA) is 71.3 Å². The second-order valence-electron chi connectivity index (χ2n) is 4.07. The molecule has 0 aromatic heterocycles. The maximum atomic E-state index is 12.0. The molecule has 5 heteroatoms. The summed E-state index contributed by atoms with van der Waals surface area (Å²) in [6.07, 6.45) is 0. The van der Waals surface area contributed by atoms with Crippen LogP contribution in [0.1, 0.15) is 6.92 Å². The molecule has 1 aliphatic heterocycles. The summed E-state index contributed by atoms with van der Waals surface area (Å²) < 4.78 is 10.4. The van der Waals surface area contributed by atoms with Gasteiger partial charge >= 0.3 is 0 Å². The van der Waals surface area contributed by atoms with Gasteiger partial charge in [0.05, 0.1) is 31.6 Å². The molecule has 1 fully saturated rings. The minimum Gasteiger partial charge on any atom is -0.492 e. The highest BCUT2D eigenvalue weighted by molar-refractivity contribution is 5.99. The van der Waals surface area contributed by atoms with Crippen molar-refractivity contribution in [2.45, 2.75) is 6.92 Å². The summed E-state index contributed by atoms with van der Waals surface area (Å²) in [6, 6.07) is 9.15. The van der Waals surface area contributed by atoms with Gasteiger partial charge in [-0.15, -0.1) is 0 Å². The Morgan fingerprint density at radius 2 is 2.28 bits per heavy atom. The van der Waals surface area contributed by atoms with Gasteiger partial charge in [-0.25, -0.2) is 0 Å². The lowest BCUT2D eigenvalue weighted by molar-refractivity contribution is -0.144. The van der Waals surface area contributed by atoms with E-state index >= 15 is 0 Å². The standard InChI is InChI=1S/C13H14N2O3/c1-2-18-11-6-4-3-5-10(11)15-12(16)13(7-14)8-17-9-13/h3-6H,2,8-9H2,1H3,(H,15,16). The fourth-order valence-electron chi connectivity index (χ4n) is 1.65. The Morgan fingerprint density at radius 3 is 2.83 bits per heavy atom. The second-order valence-corrected chi connectivity index (χ2v) is 4.07. The van der Waals surface area contributed by atoms with Crippen LogP contribution in [-0.2, 0) is 9.53 Å². The maximum Gasteiger partial charge on any atom is 0.249 e. The molecule has 1 heterocycles. The summed E-state index contributed by atoms with van der Waals surface area (Å²) >= 11 is 0. The van der Waals surface area contributed by atoms with Crippen LogP contribution in [0.4, 0.5) is 5.69 Å². The average molecular weight is 246 g/mol. The van der Waals surface area contributed by atoms with Crippen LogP contribution in [0.2, 0.25) is 0 Å². The van der Waals surface area contributed by atoms with Gasteiger partial charge in [-0.2, -0.15) is 5.26 Å². The Hall–Kier alpha value is -2.06. The molecule has 1 aromatic carbocycles. The molecule has 0 radical (unpaired) electrons. The number of nitriles is 1. The van der Waals surface area contributed by atoms with Crippen molar-refractivity contribution in [3.05, 3.63) is 24.3 Å². The molecule has 94 valence electrons. The minimum atomic E-state index is -1.06. The Kier molecular flexibility index (Phi) is 3.49. The van der Waals surface area contributed by atoms with E-state index in [1.165, 1.54) is 0 Å². The van der Waals surface area contributed by atoms with Crippen molar-refractivity contribution in [1.82, 2.24) is 0 Å². The van der Waals surface area contributed by atoms with Gasteiger partial charge in [0.25, 0.3) is 0 Å². The largest absolute Gasteiger partial charge is 0.492 e. The molecule has 18 heavy (non-hydrogen) atoms. The number of nitrogens with zero attached hydrogens (tertiary/aromatic N) is 1. The minimum absolute atomic E-state index is 0.145. The molecule has 1 amide bonds. The van der Waals surface area contributed by atoms with E-state index in [-0.39, 0.29) is 19.1 Å². The van der Waals surface area contributed by atoms with E-state index in [9.17, 15) is 4.79 Å². The molecule has 0 spiro atoms. The van der Waals surface area contributed by atoms with Crippen LogP contribution in [0.3, 0.4) is 0 Å². The first-order valence-corrected chi connectivity index (χ1v) is 5.74. The number of nitrogens with one attached hydrogen (secondary N) is 1. The van der Waals surface area contributed by atoms with E-state index in [0.29, 0.717) is 18.0 Å². The number of anilines is 1. The molecular weight excluding hydrogens is 232 g/mol. The molecule has 0 saturated carbocycles. The van der Waals surface area contributed by atoms with Gasteiger partial charge in [0, 0.05) is 0 Å². The molecule has 0 unspecified atom stereocenters. The van der Waals surface area contributed by atoms with Crippen LogP contribution in [0, 0.1) is 16.7 Å². The Morgan fingerprint density at radius 1 is 1.56 bits per heavy atom. The fraction of sp³-hybridized carbons (Fsp3) is 0.385. The van der Waals surface area contributed by atoms with Crippen molar-refractivity contribution in [3.63, 3.8) is 0 Å². The fourth-order valence-corrected chi connectivity index (χ4v) is 1.65. The van der Waals surface area contributed by atoms with Crippen molar-refractivity contribution in [2.24, 2.45) is 5.41 Å². The highest BCUT2D eigenvalue weighted by atomic mass is 16.5. The normalized spacial score (nSPS) is 16.2. The molecular formula is C13H14N2O3. The first kappa shape index (κ1) is 12.4. The number of hydrogen-bond donors (Lipinski definition) is 1. The quantitative estimate of drug-likeness (QED) is 0.875. The number of ether oxygens (including phenoxy) is 2. The lowest BCUT2D eigenvalue weighted by Gasteiger charge is -2.33. The Bertz CT molecular complexity index is 489. The zero-order valence-corrected chi connectivity index (χ0v) is 10.1. The van der Waals surface area contributed by atoms with Gasteiger partial charge in [-0.05, 0) is 19.1 Å². The van der Waals surface area contributed by atoms with Gasteiger partial charge in [0.1, 0.15) is 5.75 Å². The first-order valence-electron chi connectivity index (χ1n) is 5.74. The number of rotatable bonds is 4. The second kappa shape index (κ2) is 5.07.